The fourth-order valence-electron chi connectivity index (χ4n) is 2.07. The number of unbranched alkanes of at least 4 members (excludes halogenated alkanes) is 3. The first kappa shape index (κ1) is 10.6. The van der Waals surface area contributed by atoms with Gasteiger partial charge in [0, 0.05) is 0 Å². The van der Waals surface area contributed by atoms with Crippen LogP contribution in [0.5, 0.6) is 0 Å². The number of carboxylic acids is 1. The van der Waals surface area contributed by atoms with E-state index in [4.69, 9.17) is 5.11 Å². The summed E-state index contributed by atoms with van der Waals surface area (Å²) in [6, 6.07) is 0. The molecule has 0 saturated heterocycles. The number of hydrogen-bond acceptors (Lipinski definition) is 1. The Morgan fingerprint density at radius 3 is 2.54 bits per heavy atom. The third-order valence-corrected chi connectivity index (χ3v) is 3.16. The van der Waals surface area contributed by atoms with Crippen LogP contribution in [0.3, 0.4) is 0 Å². The fraction of sp³-hybridized carbons (Fsp3) is 0.909. The highest BCUT2D eigenvalue weighted by atomic mass is 16.4. The summed E-state index contributed by atoms with van der Waals surface area (Å²) >= 11 is 0. The zero-order chi connectivity index (χ0) is 9.68. The van der Waals surface area contributed by atoms with Crippen LogP contribution in [0, 0.1) is 11.8 Å². The predicted octanol–water partition coefficient (Wildman–Crippen LogP) is 3.07. The standard InChI is InChI=1S/C11H20O2/c1-2-3-4-5-6-9-7-8-10(9)11(12)13/h9-10H,2-8H2,1H3,(H,12,13). The van der Waals surface area contributed by atoms with Crippen LogP contribution in [0.4, 0.5) is 0 Å². The lowest BCUT2D eigenvalue weighted by molar-refractivity contribution is -0.147. The quantitative estimate of drug-likeness (QED) is 0.644. The normalized spacial score (nSPS) is 26.8. The first-order valence-electron chi connectivity index (χ1n) is 5.48. The Kier molecular flexibility index (Phi) is 4.26. The molecule has 13 heavy (non-hydrogen) atoms. The Morgan fingerprint density at radius 2 is 2.08 bits per heavy atom. The van der Waals surface area contributed by atoms with Gasteiger partial charge in [-0.1, -0.05) is 32.6 Å². The molecule has 0 amide bonds. The van der Waals surface area contributed by atoms with E-state index >= 15 is 0 Å². The van der Waals surface area contributed by atoms with E-state index in [9.17, 15) is 4.79 Å². The van der Waals surface area contributed by atoms with E-state index in [1.54, 1.807) is 0 Å². The van der Waals surface area contributed by atoms with E-state index in [2.05, 4.69) is 6.92 Å². The van der Waals surface area contributed by atoms with Gasteiger partial charge in [-0.05, 0) is 25.2 Å². The summed E-state index contributed by atoms with van der Waals surface area (Å²) in [5, 5.41) is 8.81. The van der Waals surface area contributed by atoms with Gasteiger partial charge in [-0.15, -0.1) is 0 Å². The van der Waals surface area contributed by atoms with Crippen molar-refractivity contribution in [1.82, 2.24) is 0 Å². The molecule has 0 aromatic carbocycles. The fourth-order valence-corrected chi connectivity index (χ4v) is 2.07. The van der Waals surface area contributed by atoms with Crippen LogP contribution < -0.4 is 0 Å². The highest BCUT2D eigenvalue weighted by Gasteiger charge is 2.35. The lowest BCUT2D eigenvalue weighted by Crippen LogP contribution is -2.32. The smallest absolute Gasteiger partial charge is 0.306 e. The van der Waals surface area contributed by atoms with E-state index in [0.717, 1.165) is 19.3 Å². The van der Waals surface area contributed by atoms with Crippen LogP contribution in [-0.4, -0.2) is 11.1 Å². The third kappa shape index (κ3) is 3.02. The van der Waals surface area contributed by atoms with E-state index in [1.807, 2.05) is 0 Å². The van der Waals surface area contributed by atoms with Crippen molar-refractivity contribution in [2.24, 2.45) is 11.8 Å². The maximum Gasteiger partial charge on any atom is 0.306 e. The maximum atomic E-state index is 10.7. The van der Waals surface area contributed by atoms with Gasteiger partial charge < -0.3 is 5.11 Å². The maximum absolute atomic E-state index is 10.7. The molecule has 1 saturated carbocycles. The zero-order valence-corrected chi connectivity index (χ0v) is 8.46. The number of carboxylic acid groups (broad SMARTS) is 1. The van der Waals surface area contributed by atoms with Crippen molar-refractivity contribution in [2.75, 3.05) is 0 Å². The Bertz CT molecular complexity index is 165. The van der Waals surface area contributed by atoms with Gasteiger partial charge in [0.15, 0.2) is 0 Å². The Balaban J connectivity index is 2.05. The molecule has 0 aliphatic heterocycles. The van der Waals surface area contributed by atoms with E-state index in [0.29, 0.717) is 5.92 Å². The molecule has 1 aliphatic carbocycles. The molecule has 2 heteroatoms. The molecule has 1 fully saturated rings. The molecule has 1 N–H and O–H groups in total. The first-order valence-corrected chi connectivity index (χ1v) is 5.48. The summed E-state index contributed by atoms with van der Waals surface area (Å²) in [6.45, 7) is 2.20. The molecule has 2 atom stereocenters. The van der Waals surface area contributed by atoms with Crippen molar-refractivity contribution in [3.63, 3.8) is 0 Å². The molecule has 2 nitrogen and oxygen atoms in total. The minimum atomic E-state index is -0.577. The minimum absolute atomic E-state index is 0.0124. The predicted molar refractivity (Wildman–Crippen MR) is 52.6 cm³/mol. The van der Waals surface area contributed by atoms with Gasteiger partial charge in [0.25, 0.3) is 0 Å². The summed E-state index contributed by atoms with van der Waals surface area (Å²) in [7, 11) is 0. The van der Waals surface area contributed by atoms with Gasteiger partial charge >= 0.3 is 5.97 Å². The summed E-state index contributed by atoms with van der Waals surface area (Å²) in [4.78, 5) is 10.7. The van der Waals surface area contributed by atoms with Crippen LogP contribution >= 0.6 is 0 Å². The zero-order valence-electron chi connectivity index (χ0n) is 8.46. The second-order valence-corrected chi connectivity index (χ2v) is 4.13. The number of hydrogen-bond donors (Lipinski definition) is 1. The molecular formula is C11H20O2. The third-order valence-electron chi connectivity index (χ3n) is 3.16. The van der Waals surface area contributed by atoms with Crippen molar-refractivity contribution in [3.8, 4) is 0 Å². The van der Waals surface area contributed by atoms with Crippen molar-refractivity contribution in [2.45, 2.75) is 51.9 Å². The van der Waals surface area contributed by atoms with Gasteiger partial charge in [-0.25, -0.2) is 0 Å². The van der Waals surface area contributed by atoms with Crippen molar-refractivity contribution < 1.29 is 9.90 Å². The highest BCUT2D eigenvalue weighted by Crippen LogP contribution is 2.38. The molecule has 0 aromatic rings. The van der Waals surface area contributed by atoms with Crippen LogP contribution in [0.15, 0.2) is 0 Å². The largest absolute Gasteiger partial charge is 0.481 e. The van der Waals surface area contributed by atoms with Crippen LogP contribution in [0.2, 0.25) is 0 Å². The monoisotopic (exact) mass is 184 g/mol. The SMILES string of the molecule is CCCCCCC1CCC1C(=O)O. The molecule has 0 radical (unpaired) electrons. The topological polar surface area (TPSA) is 37.3 Å². The molecule has 1 rings (SSSR count). The number of carbonyl (C=O) groups is 1. The lowest BCUT2D eigenvalue weighted by Gasteiger charge is -2.33. The highest BCUT2D eigenvalue weighted by molar-refractivity contribution is 5.71. The van der Waals surface area contributed by atoms with Crippen LogP contribution in [-0.2, 0) is 4.79 Å². The minimum Gasteiger partial charge on any atom is -0.481 e. The van der Waals surface area contributed by atoms with Gasteiger partial charge in [-0.3, -0.25) is 4.79 Å². The second kappa shape index (κ2) is 5.25. The van der Waals surface area contributed by atoms with E-state index in [1.165, 1.54) is 25.7 Å². The summed E-state index contributed by atoms with van der Waals surface area (Å²) < 4.78 is 0. The van der Waals surface area contributed by atoms with E-state index in [-0.39, 0.29) is 5.92 Å². The number of aliphatic carboxylic acids is 1. The number of rotatable bonds is 6. The Morgan fingerprint density at radius 1 is 1.31 bits per heavy atom. The van der Waals surface area contributed by atoms with Gasteiger partial charge in [-0.2, -0.15) is 0 Å². The Labute approximate surface area is 80.3 Å². The van der Waals surface area contributed by atoms with Crippen LogP contribution in [0.25, 0.3) is 0 Å². The first-order chi connectivity index (χ1) is 6.25. The average Bonchev–Trinajstić information content (AvgIpc) is 2.01. The van der Waals surface area contributed by atoms with Gasteiger partial charge in [0.2, 0.25) is 0 Å². The van der Waals surface area contributed by atoms with Crippen molar-refractivity contribution in [1.29, 1.82) is 0 Å². The van der Waals surface area contributed by atoms with Crippen molar-refractivity contribution >= 4 is 5.97 Å². The molecule has 0 heterocycles. The second-order valence-electron chi connectivity index (χ2n) is 4.13. The summed E-state index contributed by atoms with van der Waals surface area (Å²) in [6.07, 6.45) is 8.24. The molecule has 0 aromatic heterocycles. The molecular weight excluding hydrogens is 164 g/mol. The molecule has 0 spiro atoms. The summed E-state index contributed by atoms with van der Waals surface area (Å²) in [5.41, 5.74) is 0. The molecule has 0 bridgehead atoms. The van der Waals surface area contributed by atoms with Crippen LogP contribution in [0.1, 0.15) is 51.9 Å². The van der Waals surface area contributed by atoms with Gasteiger partial charge in [0.05, 0.1) is 5.92 Å². The molecule has 1 aliphatic rings. The molecule has 76 valence electrons. The van der Waals surface area contributed by atoms with Crippen molar-refractivity contribution in [3.05, 3.63) is 0 Å². The summed E-state index contributed by atoms with van der Waals surface area (Å²) in [5.74, 6) is -0.0947. The molecule has 2 unspecified atom stereocenters. The van der Waals surface area contributed by atoms with Gasteiger partial charge in [0.1, 0.15) is 0 Å². The average molecular weight is 184 g/mol. The lowest BCUT2D eigenvalue weighted by atomic mass is 9.71. The Hall–Kier alpha value is -0.530. The van der Waals surface area contributed by atoms with E-state index < -0.39 is 5.97 Å².